The number of carbonyl (C=O) groups excluding carboxylic acids is 1. The third-order valence-corrected chi connectivity index (χ3v) is 4.89. The Balaban J connectivity index is 1.58. The molecule has 3 N–H and O–H groups in total. The number of amides is 1. The molecule has 32 heavy (non-hydrogen) atoms. The van der Waals surface area contributed by atoms with E-state index in [0.717, 1.165) is 6.07 Å². The van der Waals surface area contributed by atoms with E-state index < -0.39 is 17.6 Å². The Hall–Kier alpha value is -3.72. The van der Waals surface area contributed by atoms with E-state index in [1.54, 1.807) is 36.4 Å². The van der Waals surface area contributed by atoms with Crippen LogP contribution in [0.3, 0.4) is 0 Å². The van der Waals surface area contributed by atoms with Crippen molar-refractivity contribution in [2.45, 2.75) is 12.7 Å². The van der Waals surface area contributed by atoms with Crippen molar-refractivity contribution < 1.29 is 26.9 Å². The molecule has 0 saturated heterocycles. The molecule has 2 heterocycles. The lowest BCUT2D eigenvalue weighted by Gasteiger charge is -2.13. The first-order valence-corrected chi connectivity index (χ1v) is 9.66. The van der Waals surface area contributed by atoms with Gasteiger partial charge in [0.05, 0.1) is 5.56 Å². The fourth-order valence-electron chi connectivity index (χ4n) is 3.17. The summed E-state index contributed by atoms with van der Waals surface area (Å²) >= 11 is 6.00. The number of hydrogen-bond donors (Lipinski definition) is 2. The van der Waals surface area contributed by atoms with E-state index in [9.17, 15) is 18.0 Å². The van der Waals surface area contributed by atoms with Crippen LogP contribution in [0.1, 0.15) is 21.5 Å². The Morgan fingerprint density at radius 1 is 1.06 bits per heavy atom. The van der Waals surface area contributed by atoms with Crippen molar-refractivity contribution in [1.29, 1.82) is 0 Å². The van der Waals surface area contributed by atoms with Crippen LogP contribution in [0, 0.1) is 0 Å². The molecule has 4 rings (SSSR count). The minimum absolute atomic E-state index is 0.0254. The van der Waals surface area contributed by atoms with Crippen LogP contribution in [0.4, 0.5) is 19.1 Å². The average Bonchev–Trinajstić information content (AvgIpc) is 3.38. The maximum absolute atomic E-state index is 13.2. The van der Waals surface area contributed by atoms with Gasteiger partial charge in [-0.1, -0.05) is 47.1 Å². The number of anilines is 1. The van der Waals surface area contributed by atoms with Crippen LogP contribution in [0.5, 0.6) is 0 Å². The van der Waals surface area contributed by atoms with Crippen LogP contribution in [0.2, 0.25) is 5.02 Å². The lowest BCUT2D eigenvalue weighted by Crippen LogP contribution is -2.25. The van der Waals surface area contributed by atoms with Gasteiger partial charge in [-0.15, -0.1) is 0 Å². The van der Waals surface area contributed by atoms with Gasteiger partial charge in [-0.2, -0.15) is 13.2 Å². The SMILES string of the molecule is Nc1onc(-c2ccc(-c3cccc(Cl)c3)o2)c1C(=O)NCc1ccccc1C(F)(F)F. The number of benzene rings is 2. The molecule has 0 aliphatic heterocycles. The van der Waals surface area contributed by atoms with Gasteiger partial charge in [0.2, 0.25) is 5.88 Å². The number of furan rings is 1. The molecule has 4 aromatic rings. The Kier molecular flexibility index (Phi) is 5.67. The quantitative estimate of drug-likeness (QED) is 0.392. The monoisotopic (exact) mass is 461 g/mol. The fourth-order valence-corrected chi connectivity index (χ4v) is 3.36. The van der Waals surface area contributed by atoms with E-state index in [0.29, 0.717) is 16.3 Å². The lowest BCUT2D eigenvalue weighted by atomic mass is 10.1. The smallest absolute Gasteiger partial charge is 0.416 e. The summed E-state index contributed by atoms with van der Waals surface area (Å²) in [6.45, 7) is -0.371. The molecular formula is C22H15ClF3N3O3. The molecule has 0 atom stereocenters. The van der Waals surface area contributed by atoms with Gasteiger partial charge < -0.3 is 20.0 Å². The van der Waals surface area contributed by atoms with Crippen LogP contribution < -0.4 is 11.1 Å². The molecule has 0 bridgehead atoms. The first-order valence-electron chi connectivity index (χ1n) is 9.28. The zero-order valence-electron chi connectivity index (χ0n) is 16.2. The number of hydrogen-bond acceptors (Lipinski definition) is 5. The molecular weight excluding hydrogens is 447 g/mol. The summed E-state index contributed by atoms with van der Waals surface area (Å²) in [6, 6.07) is 15.2. The molecule has 0 fully saturated rings. The van der Waals surface area contributed by atoms with Crippen LogP contribution in [0.15, 0.2) is 69.6 Å². The van der Waals surface area contributed by atoms with Gasteiger partial charge >= 0.3 is 6.18 Å². The molecule has 10 heteroatoms. The van der Waals surface area contributed by atoms with Crippen molar-refractivity contribution >= 4 is 23.4 Å². The van der Waals surface area contributed by atoms with E-state index >= 15 is 0 Å². The molecule has 0 spiro atoms. The number of halogens is 4. The largest absolute Gasteiger partial charge is 0.454 e. The molecule has 0 radical (unpaired) electrons. The van der Waals surface area contributed by atoms with E-state index in [1.165, 1.54) is 18.2 Å². The van der Waals surface area contributed by atoms with E-state index in [-0.39, 0.29) is 35.0 Å². The van der Waals surface area contributed by atoms with Crippen molar-refractivity contribution in [3.05, 3.63) is 82.4 Å². The standard InChI is InChI=1S/C22H15ClF3N3O3/c23-14-6-3-5-12(10-14)16-8-9-17(31-16)19-18(20(27)32-29-19)21(30)28-11-13-4-1-2-7-15(13)22(24,25)26/h1-10H,11,27H2,(H,28,30). The maximum atomic E-state index is 13.2. The zero-order valence-corrected chi connectivity index (χ0v) is 17.0. The minimum Gasteiger partial charge on any atom is -0.454 e. The Bertz CT molecular complexity index is 1280. The highest BCUT2D eigenvalue weighted by atomic mass is 35.5. The topological polar surface area (TPSA) is 94.3 Å². The predicted molar refractivity (Wildman–Crippen MR) is 112 cm³/mol. The van der Waals surface area contributed by atoms with Gasteiger partial charge in [0, 0.05) is 17.1 Å². The number of nitrogens with one attached hydrogen (secondary N) is 1. The fraction of sp³-hybridized carbons (Fsp3) is 0.0909. The van der Waals surface area contributed by atoms with Crippen LogP contribution in [-0.2, 0) is 12.7 Å². The molecule has 2 aromatic heterocycles. The number of carbonyl (C=O) groups is 1. The summed E-state index contributed by atoms with van der Waals surface area (Å²) in [5.41, 5.74) is 5.42. The van der Waals surface area contributed by atoms with Gasteiger partial charge in [-0.05, 0) is 35.9 Å². The number of nitrogens with zero attached hydrogens (tertiary/aromatic N) is 1. The van der Waals surface area contributed by atoms with E-state index in [2.05, 4.69) is 10.5 Å². The lowest BCUT2D eigenvalue weighted by molar-refractivity contribution is -0.138. The number of rotatable bonds is 5. The summed E-state index contributed by atoms with van der Waals surface area (Å²) in [5, 5.41) is 6.73. The highest BCUT2D eigenvalue weighted by Gasteiger charge is 2.33. The first-order chi connectivity index (χ1) is 15.2. The van der Waals surface area contributed by atoms with Gasteiger partial charge in [-0.3, -0.25) is 4.79 Å². The minimum atomic E-state index is -4.55. The van der Waals surface area contributed by atoms with Crippen molar-refractivity contribution in [2.75, 3.05) is 5.73 Å². The Morgan fingerprint density at radius 3 is 2.56 bits per heavy atom. The molecule has 2 aromatic carbocycles. The number of nitrogen functional groups attached to an aromatic ring is 1. The second-order valence-corrected chi connectivity index (χ2v) is 7.22. The maximum Gasteiger partial charge on any atom is 0.416 e. The van der Waals surface area contributed by atoms with Gasteiger partial charge in [-0.25, -0.2) is 0 Å². The highest BCUT2D eigenvalue weighted by molar-refractivity contribution is 6.30. The molecule has 6 nitrogen and oxygen atoms in total. The van der Waals surface area contributed by atoms with Gasteiger partial charge in [0.15, 0.2) is 11.5 Å². The highest BCUT2D eigenvalue weighted by Crippen LogP contribution is 2.34. The summed E-state index contributed by atoms with van der Waals surface area (Å²) in [5.74, 6) is -0.380. The van der Waals surface area contributed by atoms with E-state index in [4.69, 9.17) is 26.3 Å². The number of alkyl halides is 3. The van der Waals surface area contributed by atoms with Crippen LogP contribution in [-0.4, -0.2) is 11.1 Å². The van der Waals surface area contributed by atoms with E-state index in [1.807, 2.05) is 0 Å². The number of aromatic nitrogens is 1. The third-order valence-electron chi connectivity index (χ3n) is 4.66. The summed E-state index contributed by atoms with van der Waals surface area (Å²) in [7, 11) is 0. The van der Waals surface area contributed by atoms with Crippen molar-refractivity contribution in [1.82, 2.24) is 10.5 Å². The Morgan fingerprint density at radius 2 is 1.81 bits per heavy atom. The summed E-state index contributed by atoms with van der Waals surface area (Å²) < 4.78 is 50.3. The number of nitrogens with two attached hydrogens (primary N) is 1. The van der Waals surface area contributed by atoms with Crippen LogP contribution >= 0.6 is 11.6 Å². The van der Waals surface area contributed by atoms with Gasteiger partial charge in [0.1, 0.15) is 11.3 Å². The third kappa shape index (κ3) is 4.33. The average molecular weight is 462 g/mol. The molecule has 0 aliphatic carbocycles. The van der Waals surface area contributed by atoms with Crippen molar-refractivity contribution in [3.8, 4) is 22.8 Å². The molecule has 1 amide bonds. The van der Waals surface area contributed by atoms with Crippen molar-refractivity contribution in [3.63, 3.8) is 0 Å². The molecule has 0 unspecified atom stereocenters. The summed E-state index contributed by atoms with van der Waals surface area (Å²) in [6.07, 6.45) is -4.55. The zero-order chi connectivity index (χ0) is 22.9. The van der Waals surface area contributed by atoms with Gasteiger partial charge in [0.25, 0.3) is 5.91 Å². The molecule has 0 saturated carbocycles. The summed E-state index contributed by atoms with van der Waals surface area (Å²) in [4.78, 5) is 12.7. The second-order valence-electron chi connectivity index (χ2n) is 6.78. The molecule has 164 valence electrons. The second kappa shape index (κ2) is 8.43. The van der Waals surface area contributed by atoms with Crippen molar-refractivity contribution in [2.24, 2.45) is 0 Å². The first kappa shape index (κ1) is 21.5. The predicted octanol–water partition coefficient (Wildman–Crippen LogP) is 5.79. The Labute approximate surface area is 184 Å². The van der Waals surface area contributed by atoms with Crippen LogP contribution in [0.25, 0.3) is 22.8 Å². The normalized spacial score (nSPS) is 11.5. The molecule has 0 aliphatic rings.